The van der Waals surface area contributed by atoms with E-state index in [9.17, 15) is 9.59 Å². The van der Waals surface area contributed by atoms with Crippen LogP contribution in [0.2, 0.25) is 0 Å². The lowest BCUT2D eigenvalue weighted by Crippen LogP contribution is -2.47. The van der Waals surface area contributed by atoms with Crippen molar-refractivity contribution in [3.63, 3.8) is 0 Å². The fourth-order valence-corrected chi connectivity index (χ4v) is 3.16. The van der Waals surface area contributed by atoms with Crippen molar-refractivity contribution in [2.45, 2.75) is 52.0 Å². The van der Waals surface area contributed by atoms with E-state index in [1.807, 2.05) is 36.1 Å². The Hall–Kier alpha value is -2.17. The van der Waals surface area contributed by atoms with Gasteiger partial charge in [-0.1, -0.05) is 17.7 Å². The van der Waals surface area contributed by atoms with Gasteiger partial charge < -0.3 is 4.90 Å². The summed E-state index contributed by atoms with van der Waals surface area (Å²) in [5.41, 5.74) is 2.34. The maximum Gasteiger partial charge on any atom is 0.270 e. The first-order valence-electron chi connectivity index (χ1n) is 8.34. The van der Waals surface area contributed by atoms with E-state index in [0.29, 0.717) is 18.6 Å². The van der Waals surface area contributed by atoms with Gasteiger partial charge in [0.05, 0.1) is 5.69 Å². The molecule has 1 atom stereocenters. The Morgan fingerprint density at radius 1 is 1.17 bits per heavy atom. The molecule has 1 aromatic carbocycles. The molecule has 0 radical (unpaired) electrons. The molecule has 0 saturated carbocycles. The predicted molar refractivity (Wildman–Crippen MR) is 90.4 cm³/mol. The summed E-state index contributed by atoms with van der Waals surface area (Å²) in [7, 11) is 0. The van der Waals surface area contributed by atoms with E-state index >= 15 is 0 Å². The number of nitrogens with zero attached hydrogens (tertiary/aromatic N) is 3. The third-order valence-electron chi connectivity index (χ3n) is 4.62. The SMILES string of the molecule is Cc1ccc(N2N=C(C(=O)N3CCCC[C@@H]3C)CCC2=O)cc1. The Balaban J connectivity index is 1.84. The number of aryl methyl sites for hydroxylation is 1. The van der Waals surface area contributed by atoms with Crippen molar-refractivity contribution in [1.29, 1.82) is 0 Å². The molecule has 2 amide bonds. The number of amides is 2. The summed E-state index contributed by atoms with van der Waals surface area (Å²) in [5.74, 6) is -0.0705. The Bertz CT molecular complexity index is 636. The molecule has 2 aliphatic rings. The van der Waals surface area contributed by atoms with Crippen molar-refractivity contribution in [3.8, 4) is 0 Å². The van der Waals surface area contributed by atoms with Gasteiger partial charge in [-0.3, -0.25) is 9.59 Å². The number of benzene rings is 1. The smallest absolute Gasteiger partial charge is 0.270 e. The highest BCUT2D eigenvalue weighted by atomic mass is 16.2. The van der Waals surface area contributed by atoms with Gasteiger partial charge in [0, 0.05) is 25.4 Å². The summed E-state index contributed by atoms with van der Waals surface area (Å²) in [6.45, 7) is 4.87. The van der Waals surface area contributed by atoms with Gasteiger partial charge in [0.25, 0.3) is 5.91 Å². The zero-order valence-electron chi connectivity index (χ0n) is 13.8. The van der Waals surface area contributed by atoms with Crippen LogP contribution >= 0.6 is 0 Å². The molecule has 0 unspecified atom stereocenters. The molecule has 23 heavy (non-hydrogen) atoms. The molecule has 1 fully saturated rings. The standard InChI is InChI=1S/C18H23N3O2/c1-13-6-8-15(9-7-13)21-17(22)11-10-16(19-21)18(23)20-12-4-3-5-14(20)2/h6-9,14H,3-5,10-12H2,1-2H3/t14-/m0/s1. The minimum absolute atomic E-state index is 0.0122. The molecule has 1 saturated heterocycles. The van der Waals surface area contributed by atoms with Crippen molar-refractivity contribution in [3.05, 3.63) is 29.8 Å². The lowest BCUT2D eigenvalue weighted by atomic mass is 10.0. The first-order chi connectivity index (χ1) is 11.1. The van der Waals surface area contributed by atoms with Gasteiger partial charge in [0.1, 0.15) is 5.71 Å². The summed E-state index contributed by atoms with van der Waals surface area (Å²) in [6.07, 6.45) is 4.03. The van der Waals surface area contributed by atoms with Gasteiger partial charge in [-0.15, -0.1) is 0 Å². The summed E-state index contributed by atoms with van der Waals surface area (Å²) >= 11 is 0. The van der Waals surface area contributed by atoms with Gasteiger partial charge in [-0.25, -0.2) is 5.01 Å². The van der Waals surface area contributed by atoms with Crippen LogP contribution in [0.3, 0.4) is 0 Å². The second-order valence-corrected chi connectivity index (χ2v) is 6.43. The normalized spacial score (nSPS) is 22.1. The van der Waals surface area contributed by atoms with Gasteiger partial charge in [0.15, 0.2) is 0 Å². The van der Waals surface area contributed by atoms with Gasteiger partial charge in [-0.2, -0.15) is 5.10 Å². The van der Waals surface area contributed by atoms with Crippen molar-refractivity contribution in [2.24, 2.45) is 5.10 Å². The minimum Gasteiger partial charge on any atom is -0.335 e. The number of carbonyl (C=O) groups is 2. The number of piperidine rings is 1. The molecule has 5 nitrogen and oxygen atoms in total. The molecular formula is C18H23N3O2. The average Bonchev–Trinajstić information content (AvgIpc) is 2.56. The molecular weight excluding hydrogens is 290 g/mol. The van der Waals surface area contributed by atoms with E-state index in [1.165, 1.54) is 11.4 Å². The number of anilines is 1. The quantitative estimate of drug-likeness (QED) is 0.843. The van der Waals surface area contributed by atoms with Crippen LogP contribution in [0, 0.1) is 6.92 Å². The summed E-state index contributed by atoms with van der Waals surface area (Å²) in [5, 5.41) is 5.76. The van der Waals surface area contributed by atoms with E-state index in [0.717, 1.165) is 30.6 Å². The fraction of sp³-hybridized carbons (Fsp3) is 0.500. The molecule has 1 aromatic rings. The molecule has 0 aliphatic carbocycles. The Morgan fingerprint density at radius 3 is 2.61 bits per heavy atom. The van der Waals surface area contributed by atoms with Crippen molar-refractivity contribution >= 4 is 23.2 Å². The summed E-state index contributed by atoms with van der Waals surface area (Å²) in [4.78, 5) is 26.8. The van der Waals surface area contributed by atoms with E-state index < -0.39 is 0 Å². The van der Waals surface area contributed by atoms with Crippen LogP contribution < -0.4 is 5.01 Å². The maximum absolute atomic E-state index is 12.8. The van der Waals surface area contributed by atoms with E-state index in [4.69, 9.17) is 0 Å². The van der Waals surface area contributed by atoms with Crippen LogP contribution in [-0.2, 0) is 9.59 Å². The number of rotatable bonds is 2. The number of hydrazone groups is 1. The highest BCUT2D eigenvalue weighted by molar-refractivity contribution is 6.40. The van der Waals surface area contributed by atoms with Crippen molar-refractivity contribution in [2.75, 3.05) is 11.6 Å². The molecule has 2 aliphatic heterocycles. The van der Waals surface area contributed by atoms with E-state index in [1.54, 1.807) is 0 Å². The van der Waals surface area contributed by atoms with Crippen LogP contribution in [0.25, 0.3) is 0 Å². The largest absolute Gasteiger partial charge is 0.335 e. The molecule has 0 N–H and O–H groups in total. The molecule has 5 heteroatoms. The summed E-state index contributed by atoms with van der Waals surface area (Å²) in [6, 6.07) is 7.88. The Kier molecular flexibility index (Phi) is 4.46. The molecule has 3 rings (SSSR count). The maximum atomic E-state index is 12.8. The lowest BCUT2D eigenvalue weighted by Gasteiger charge is -2.34. The zero-order valence-corrected chi connectivity index (χ0v) is 13.8. The van der Waals surface area contributed by atoms with E-state index in [-0.39, 0.29) is 17.9 Å². The van der Waals surface area contributed by atoms with Crippen molar-refractivity contribution in [1.82, 2.24) is 4.90 Å². The van der Waals surface area contributed by atoms with Crippen LogP contribution in [-0.4, -0.2) is 35.0 Å². The Morgan fingerprint density at radius 2 is 1.91 bits per heavy atom. The molecule has 2 heterocycles. The number of carbonyl (C=O) groups excluding carboxylic acids is 2. The highest BCUT2D eigenvalue weighted by Gasteiger charge is 2.31. The van der Waals surface area contributed by atoms with Crippen LogP contribution in [0.15, 0.2) is 29.4 Å². The molecule has 122 valence electrons. The van der Waals surface area contributed by atoms with Gasteiger partial charge >= 0.3 is 0 Å². The lowest BCUT2D eigenvalue weighted by molar-refractivity contribution is -0.127. The number of hydrogen-bond acceptors (Lipinski definition) is 3. The number of likely N-dealkylation sites (tertiary alicyclic amines) is 1. The Labute approximate surface area is 137 Å². The van der Waals surface area contributed by atoms with Crippen LogP contribution in [0.4, 0.5) is 5.69 Å². The minimum atomic E-state index is -0.0582. The average molecular weight is 313 g/mol. The van der Waals surface area contributed by atoms with Gasteiger partial charge in [0.2, 0.25) is 5.91 Å². The third kappa shape index (κ3) is 3.28. The van der Waals surface area contributed by atoms with Crippen molar-refractivity contribution < 1.29 is 9.59 Å². The monoisotopic (exact) mass is 313 g/mol. The third-order valence-corrected chi connectivity index (χ3v) is 4.62. The first kappa shape index (κ1) is 15.7. The first-order valence-corrected chi connectivity index (χ1v) is 8.34. The topological polar surface area (TPSA) is 53.0 Å². The second kappa shape index (κ2) is 6.52. The van der Waals surface area contributed by atoms with E-state index in [2.05, 4.69) is 12.0 Å². The predicted octanol–water partition coefficient (Wildman–Crippen LogP) is 2.88. The summed E-state index contributed by atoms with van der Waals surface area (Å²) < 4.78 is 0. The molecule has 0 aromatic heterocycles. The highest BCUT2D eigenvalue weighted by Crippen LogP contribution is 2.23. The van der Waals surface area contributed by atoms with Crippen LogP contribution in [0.1, 0.15) is 44.6 Å². The van der Waals surface area contributed by atoms with Gasteiger partial charge in [-0.05, 0) is 45.2 Å². The molecule has 0 bridgehead atoms. The second-order valence-electron chi connectivity index (χ2n) is 6.43. The van der Waals surface area contributed by atoms with Crippen LogP contribution in [0.5, 0.6) is 0 Å². The molecule has 0 spiro atoms. The zero-order chi connectivity index (χ0) is 16.4. The number of hydrogen-bond donors (Lipinski definition) is 0. The fourth-order valence-electron chi connectivity index (χ4n) is 3.16.